The Kier molecular flexibility index (Phi) is 3.85. The van der Waals surface area contributed by atoms with Gasteiger partial charge in [-0.15, -0.1) is 0 Å². The summed E-state index contributed by atoms with van der Waals surface area (Å²) < 4.78 is 19.1. The summed E-state index contributed by atoms with van der Waals surface area (Å²) >= 11 is 0. The van der Waals surface area contributed by atoms with E-state index >= 15 is 0 Å². The fraction of sp³-hybridized carbons (Fsp3) is 0.481. The Morgan fingerprint density at radius 1 is 1.21 bits per heavy atom. The Bertz CT molecular complexity index is 1280. The number of ether oxygens (including phenoxy) is 3. The molecule has 2 aromatic rings. The molecule has 176 valence electrons. The van der Waals surface area contributed by atoms with E-state index in [1.165, 1.54) is 11.1 Å². The predicted molar refractivity (Wildman–Crippen MR) is 126 cm³/mol. The molecule has 6 unspecified atom stereocenters. The Hall–Kier alpha value is -2.90. The average molecular weight is 461 g/mol. The molecule has 6 aliphatic rings. The quantitative estimate of drug-likeness (QED) is 0.390. The molecule has 0 N–H and O–H groups in total. The lowest BCUT2D eigenvalue weighted by atomic mass is 9.37. The molecule has 7 heteroatoms. The van der Waals surface area contributed by atoms with Gasteiger partial charge in [0.2, 0.25) is 0 Å². The molecule has 7 nitrogen and oxygen atoms in total. The van der Waals surface area contributed by atoms with E-state index in [9.17, 15) is 10.1 Å². The zero-order chi connectivity index (χ0) is 23.5. The van der Waals surface area contributed by atoms with Gasteiger partial charge in [-0.05, 0) is 50.0 Å². The van der Waals surface area contributed by atoms with E-state index in [2.05, 4.69) is 30.2 Å². The van der Waals surface area contributed by atoms with E-state index in [1.807, 2.05) is 12.1 Å². The topological polar surface area (TPSA) is 74.1 Å². The molecule has 0 amide bonds. The van der Waals surface area contributed by atoms with Crippen molar-refractivity contribution >= 4 is 5.69 Å². The van der Waals surface area contributed by atoms with Crippen molar-refractivity contribution in [1.29, 1.82) is 0 Å². The first-order chi connectivity index (χ1) is 16.4. The van der Waals surface area contributed by atoms with Crippen molar-refractivity contribution in [2.24, 2.45) is 5.41 Å². The highest BCUT2D eigenvalue weighted by Gasteiger charge is 2.79. The van der Waals surface area contributed by atoms with Crippen LogP contribution in [0.25, 0.3) is 0 Å². The third kappa shape index (κ3) is 2.04. The van der Waals surface area contributed by atoms with Gasteiger partial charge in [-0.25, -0.2) is 0 Å². The molecule has 1 saturated carbocycles. The van der Waals surface area contributed by atoms with Crippen LogP contribution in [0.5, 0.6) is 11.5 Å². The van der Waals surface area contributed by atoms with Gasteiger partial charge >= 0.3 is 0 Å². The van der Waals surface area contributed by atoms with E-state index < -0.39 is 5.60 Å². The number of nitro groups is 1. The number of nitrogens with zero attached hydrogens (tertiary/aromatic N) is 2. The average Bonchev–Trinajstić information content (AvgIpc) is 3.23. The summed E-state index contributed by atoms with van der Waals surface area (Å²) in [6.07, 6.45) is 7.21. The van der Waals surface area contributed by atoms with E-state index in [4.69, 9.17) is 14.2 Å². The highest BCUT2D eigenvalue weighted by Crippen LogP contribution is 2.75. The number of hydrogen-bond donors (Lipinski definition) is 0. The second-order valence-corrected chi connectivity index (χ2v) is 10.6. The molecule has 6 atom stereocenters. The molecule has 34 heavy (non-hydrogen) atoms. The molecule has 0 radical (unpaired) electrons. The van der Waals surface area contributed by atoms with Gasteiger partial charge < -0.3 is 19.1 Å². The number of likely N-dealkylation sites (N-methyl/N-ethyl adjacent to an activating group) is 1. The Labute approximate surface area is 198 Å². The molecule has 4 aliphatic carbocycles. The van der Waals surface area contributed by atoms with Crippen molar-refractivity contribution in [2.75, 3.05) is 27.8 Å². The molecule has 2 aliphatic heterocycles. The smallest absolute Gasteiger partial charge is 0.269 e. The number of rotatable bonds is 4. The lowest BCUT2D eigenvalue weighted by molar-refractivity contribution is -0.385. The highest BCUT2D eigenvalue weighted by molar-refractivity contribution is 5.66. The fourth-order valence-corrected chi connectivity index (χ4v) is 8.44. The maximum Gasteiger partial charge on any atom is 0.269 e. The summed E-state index contributed by atoms with van der Waals surface area (Å²) in [4.78, 5) is 13.8. The van der Waals surface area contributed by atoms with Crippen LogP contribution in [0, 0.1) is 15.5 Å². The number of fused-ring (bicyclic) bond motifs is 1. The van der Waals surface area contributed by atoms with Gasteiger partial charge in [0.1, 0.15) is 11.7 Å². The Morgan fingerprint density at radius 2 is 2.06 bits per heavy atom. The van der Waals surface area contributed by atoms with E-state index in [0.717, 1.165) is 42.9 Å². The number of methoxy groups -OCH3 is 2. The van der Waals surface area contributed by atoms with Crippen LogP contribution >= 0.6 is 0 Å². The van der Waals surface area contributed by atoms with Crippen LogP contribution in [0.2, 0.25) is 0 Å². The first kappa shape index (κ1) is 20.5. The number of non-ortho nitro benzene ring substituents is 1. The van der Waals surface area contributed by atoms with Gasteiger partial charge in [0.15, 0.2) is 11.5 Å². The van der Waals surface area contributed by atoms with Crippen LogP contribution in [0.1, 0.15) is 35.4 Å². The summed E-state index contributed by atoms with van der Waals surface area (Å²) in [5.41, 5.74) is 2.63. The van der Waals surface area contributed by atoms with Gasteiger partial charge in [0.25, 0.3) is 5.69 Å². The summed E-state index contributed by atoms with van der Waals surface area (Å²) in [5.74, 6) is 1.58. The first-order valence-electron chi connectivity index (χ1n) is 12.0. The molecular weight excluding hydrogens is 432 g/mol. The second-order valence-electron chi connectivity index (χ2n) is 10.6. The number of benzene rings is 2. The van der Waals surface area contributed by atoms with Gasteiger partial charge in [-0.2, -0.15) is 0 Å². The van der Waals surface area contributed by atoms with E-state index in [-0.39, 0.29) is 33.5 Å². The zero-order valence-corrected chi connectivity index (χ0v) is 19.6. The third-order valence-corrected chi connectivity index (χ3v) is 9.76. The number of likely N-dealkylation sites (tertiary alicyclic amines) is 1. The van der Waals surface area contributed by atoms with Crippen molar-refractivity contribution in [3.8, 4) is 11.5 Å². The van der Waals surface area contributed by atoms with Crippen molar-refractivity contribution in [3.05, 3.63) is 75.4 Å². The Morgan fingerprint density at radius 3 is 2.82 bits per heavy atom. The lowest BCUT2D eigenvalue weighted by Crippen LogP contribution is -2.78. The Balaban J connectivity index is 1.51. The van der Waals surface area contributed by atoms with Crippen molar-refractivity contribution in [2.45, 2.75) is 48.3 Å². The van der Waals surface area contributed by atoms with Gasteiger partial charge in [-0.3, -0.25) is 10.1 Å². The van der Waals surface area contributed by atoms with E-state index in [0.29, 0.717) is 6.04 Å². The minimum Gasteiger partial charge on any atom is -0.493 e. The predicted octanol–water partition coefficient (Wildman–Crippen LogP) is 3.99. The minimum absolute atomic E-state index is 0.0589. The van der Waals surface area contributed by atoms with Crippen LogP contribution in [0.3, 0.4) is 0 Å². The molecule has 2 fully saturated rings. The second kappa shape index (κ2) is 6.40. The standard InChI is InChI=1S/C27H28N2O5/c1-28-12-11-26-22-17-7-8-20(32-2)23(22)34-24(26)27(33-3)10-9-25(26,21(28)14-17)15-19(27)16-5-4-6-18(13-16)29(30)31/h4-10,13,19,21,24H,11-12,14-15H2,1-3H3. The largest absolute Gasteiger partial charge is 0.493 e. The van der Waals surface area contributed by atoms with Crippen molar-refractivity contribution in [1.82, 2.24) is 4.90 Å². The maximum atomic E-state index is 11.6. The van der Waals surface area contributed by atoms with Crippen molar-refractivity contribution in [3.63, 3.8) is 0 Å². The van der Waals surface area contributed by atoms with Gasteiger partial charge in [-0.1, -0.05) is 30.4 Å². The SMILES string of the molecule is COc1ccc2c3c1OC1C4(OC)C=CC5(CC4c4cccc([N+](=O)[O-])c4)C(C2)N(C)CCC315. The van der Waals surface area contributed by atoms with Crippen LogP contribution in [0.15, 0.2) is 48.6 Å². The molecule has 2 aromatic carbocycles. The van der Waals surface area contributed by atoms with Crippen LogP contribution in [-0.2, 0) is 16.6 Å². The number of nitro benzene ring substituents is 1. The lowest BCUT2D eigenvalue weighted by Gasteiger charge is -2.71. The molecule has 4 bridgehead atoms. The van der Waals surface area contributed by atoms with Gasteiger partial charge in [0, 0.05) is 42.2 Å². The molecule has 2 spiro atoms. The molecule has 0 aromatic heterocycles. The third-order valence-electron chi connectivity index (χ3n) is 9.76. The number of piperidine rings is 1. The summed E-state index contributed by atoms with van der Waals surface area (Å²) in [6, 6.07) is 11.6. The monoisotopic (exact) mass is 460 g/mol. The first-order valence-corrected chi connectivity index (χ1v) is 12.0. The van der Waals surface area contributed by atoms with Crippen LogP contribution in [-0.4, -0.2) is 55.4 Å². The van der Waals surface area contributed by atoms with Crippen LogP contribution < -0.4 is 9.47 Å². The molecule has 1 saturated heterocycles. The highest BCUT2D eigenvalue weighted by atomic mass is 16.6. The van der Waals surface area contributed by atoms with Crippen molar-refractivity contribution < 1.29 is 19.1 Å². The van der Waals surface area contributed by atoms with Crippen LogP contribution in [0.4, 0.5) is 5.69 Å². The molecule has 2 heterocycles. The fourth-order valence-electron chi connectivity index (χ4n) is 8.44. The maximum absolute atomic E-state index is 11.6. The normalized spacial score (nSPS) is 38.4. The molecule has 8 rings (SSSR count). The number of hydrogen-bond acceptors (Lipinski definition) is 6. The summed E-state index contributed by atoms with van der Waals surface area (Å²) in [6.45, 7) is 0.997. The zero-order valence-electron chi connectivity index (χ0n) is 19.6. The summed E-state index contributed by atoms with van der Waals surface area (Å²) in [7, 11) is 5.68. The van der Waals surface area contributed by atoms with E-state index in [1.54, 1.807) is 32.4 Å². The molecular formula is C27H28N2O5. The van der Waals surface area contributed by atoms with Gasteiger partial charge in [0.05, 0.1) is 17.4 Å². The summed E-state index contributed by atoms with van der Waals surface area (Å²) in [5, 5.41) is 11.6. The minimum atomic E-state index is -0.726.